The van der Waals surface area contributed by atoms with Crippen LogP contribution in [-0.2, 0) is 6.42 Å². The second-order valence-electron chi connectivity index (χ2n) is 8.25. The highest BCUT2D eigenvalue weighted by molar-refractivity contribution is 5.83. The van der Waals surface area contributed by atoms with Crippen LogP contribution in [0.4, 0.5) is 0 Å². The number of pyridine rings is 1. The summed E-state index contributed by atoms with van der Waals surface area (Å²) in [6.45, 7) is 1.04. The standard InChI is InChI=1S/C25H32N2O/c1-28-23-13-14-25-24(17-23)21(15-16-26-25)10-7-19-8-11-22(12-9-19)27-18-20-5-3-2-4-6-20/h3,5-6,13-17,19,22,27H,2,4,7-12,18H2,1H3. The molecule has 0 spiro atoms. The molecule has 0 bridgehead atoms. The minimum atomic E-state index is 0.693. The van der Waals surface area contributed by atoms with E-state index in [0.29, 0.717) is 6.04 Å². The van der Waals surface area contributed by atoms with Crippen LogP contribution in [0.15, 0.2) is 54.3 Å². The Balaban J connectivity index is 1.27. The SMILES string of the molecule is COc1ccc2nccc(CCC3CCC(NCC4=CCCC=C4)CC3)c2c1. The average molecular weight is 377 g/mol. The highest BCUT2D eigenvalue weighted by Gasteiger charge is 2.21. The van der Waals surface area contributed by atoms with Crippen LogP contribution in [0.25, 0.3) is 10.9 Å². The number of aryl methyl sites for hydroxylation is 1. The summed E-state index contributed by atoms with van der Waals surface area (Å²) in [5, 5.41) is 5.02. The molecule has 4 rings (SSSR count). The molecule has 1 aromatic carbocycles. The predicted octanol–water partition coefficient (Wildman–Crippen LogP) is 5.60. The van der Waals surface area contributed by atoms with Gasteiger partial charge in [0.2, 0.25) is 0 Å². The zero-order valence-electron chi connectivity index (χ0n) is 17.0. The summed E-state index contributed by atoms with van der Waals surface area (Å²) in [6.07, 6.45) is 19.0. The van der Waals surface area contributed by atoms with E-state index >= 15 is 0 Å². The van der Waals surface area contributed by atoms with Gasteiger partial charge in [-0.15, -0.1) is 0 Å². The van der Waals surface area contributed by atoms with Crippen molar-refractivity contribution < 1.29 is 4.74 Å². The van der Waals surface area contributed by atoms with Crippen molar-refractivity contribution in [1.29, 1.82) is 0 Å². The minimum absolute atomic E-state index is 0.693. The first kappa shape index (κ1) is 19.2. The van der Waals surface area contributed by atoms with Crippen molar-refractivity contribution in [2.75, 3.05) is 13.7 Å². The molecule has 2 aliphatic carbocycles. The molecular weight excluding hydrogens is 344 g/mol. The van der Waals surface area contributed by atoms with Crippen molar-refractivity contribution in [2.45, 2.75) is 57.4 Å². The van der Waals surface area contributed by atoms with Crippen LogP contribution >= 0.6 is 0 Å². The molecule has 0 saturated heterocycles. The fraction of sp³-hybridized carbons (Fsp3) is 0.480. The van der Waals surface area contributed by atoms with Gasteiger partial charge in [0.15, 0.2) is 0 Å². The summed E-state index contributed by atoms with van der Waals surface area (Å²) in [7, 11) is 1.73. The summed E-state index contributed by atoms with van der Waals surface area (Å²) in [5.41, 5.74) is 3.94. The molecule has 0 unspecified atom stereocenters. The second-order valence-corrected chi connectivity index (χ2v) is 8.25. The number of nitrogens with one attached hydrogen (secondary N) is 1. The first-order valence-electron chi connectivity index (χ1n) is 10.8. The summed E-state index contributed by atoms with van der Waals surface area (Å²) in [5.74, 6) is 1.76. The zero-order valence-corrected chi connectivity index (χ0v) is 17.0. The maximum atomic E-state index is 5.41. The Kier molecular flexibility index (Phi) is 6.43. The molecule has 148 valence electrons. The highest BCUT2D eigenvalue weighted by Crippen LogP contribution is 2.30. The topological polar surface area (TPSA) is 34.1 Å². The van der Waals surface area contributed by atoms with Gasteiger partial charge in [-0.05, 0) is 92.7 Å². The van der Waals surface area contributed by atoms with Crippen molar-refractivity contribution in [2.24, 2.45) is 5.92 Å². The molecule has 2 aromatic rings. The van der Waals surface area contributed by atoms with Crippen LogP contribution in [0.2, 0.25) is 0 Å². The van der Waals surface area contributed by atoms with Gasteiger partial charge in [0, 0.05) is 24.2 Å². The molecule has 0 radical (unpaired) electrons. The highest BCUT2D eigenvalue weighted by atomic mass is 16.5. The number of hydrogen-bond donors (Lipinski definition) is 1. The van der Waals surface area contributed by atoms with Gasteiger partial charge >= 0.3 is 0 Å². The lowest BCUT2D eigenvalue weighted by molar-refractivity contribution is 0.284. The third-order valence-corrected chi connectivity index (χ3v) is 6.37. The second kappa shape index (κ2) is 9.38. The minimum Gasteiger partial charge on any atom is -0.497 e. The van der Waals surface area contributed by atoms with Crippen LogP contribution in [0.1, 0.15) is 50.5 Å². The number of methoxy groups -OCH3 is 1. The number of hydrogen-bond acceptors (Lipinski definition) is 3. The van der Waals surface area contributed by atoms with Crippen molar-refractivity contribution in [3.8, 4) is 5.75 Å². The Morgan fingerprint density at radius 1 is 1.11 bits per heavy atom. The van der Waals surface area contributed by atoms with E-state index in [2.05, 4.69) is 46.7 Å². The zero-order chi connectivity index (χ0) is 19.2. The third-order valence-electron chi connectivity index (χ3n) is 6.37. The van der Waals surface area contributed by atoms with Gasteiger partial charge in [-0.25, -0.2) is 0 Å². The molecule has 1 saturated carbocycles. The first-order chi connectivity index (χ1) is 13.8. The van der Waals surface area contributed by atoms with Crippen molar-refractivity contribution >= 4 is 10.9 Å². The predicted molar refractivity (Wildman–Crippen MR) is 117 cm³/mol. The molecule has 0 amide bonds. The number of rotatable bonds is 7. The van der Waals surface area contributed by atoms with Crippen molar-refractivity contribution in [3.63, 3.8) is 0 Å². The Hall–Kier alpha value is -2.13. The molecule has 3 nitrogen and oxygen atoms in total. The molecule has 0 aliphatic heterocycles. The van der Waals surface area contributed by atoms with Gasteiger partial charge in [0.1, 0.15) is 5.75 Å². The van der Waals surface area contributed by atoms with Crippen LogP contribution in [-0.4, -0.2) is 24.7 Å². The maximum Gasteiger partial charge on any atom is 0.119 e. The Bertz CT molecular complexity index is 847. The molecule has 28 heavy (non-hydrogen) atoms. The summed E-state index contributed by atoms with van der Waals surface area (Å²) in [4.78, 5) is 4.51. The molecule has 1 fully saturated rings. The number of allylic oxidation sites excluding steroid dienone is 2. The summed E-state index contributed by atoms with van der Waals surface area (Å²) < 4.78 is 5.41. The normalized spacial score (nSPS) is 22.2. The Labute approximate surface area is 168 Å². The lowest BCUT2D eigenvalue weighted by Gasteiger charge is -2.29. The number of aromatic nitrogens is 1. The fourth-order valence-electron chi connectivity index (χ4n) is 4.60. The maximum absolute atomic E-state index is 5.41. The van der Waals surface area contributed by atoms with Gasteiger partial charge in [-0.2, -0.15) is 0 Å². The van der Waals surface area contributed by atoms with E-state index < -0.39 is 0 Å². The molecule has 3 heteroatoms. The fourth-order valence-corrected chi connectivity index (χ4v) is 4.60. The lowest BCUT2D eigenvalue weighted by Crippen LogP contribution is -2.34. The molecule has 1 aromatic heterocycles. The Morgan fingerprint density at radius 3 is 2.79 bits per heavy atom. The Morgan fingerprint density at radius 2 is 2.00 bits per heavy atom. The summed E-state index contributed by atoms with van der Waals surface area (Å²) in [6, 6.07) is 9.06. The van der Waals surface area contributed by atoms with Crippen molar-refractivity contribution in [1.82, 2.24) is 10.3 Å². The number of fused-ring (bicyclic) bond motifs is 1. The van der Waals surface area contributed by atoms with E-state index in [1.165, 1.54) is 61.5 Å². The van der Waals surface area contributed by atoms with E-state index in [0.717, 1.165) is 30.1 Å². The molecule has 2 aliphatic rings. The largest absolute Gasteiger partial charge is 0.497 e. The third kappa shape index (κ3) is 4.82. The van der Waals surface area contributed by atoms with E-state index in [1.807, 2.05) is 12.3 Å². The smallest absolute Gasteiger partial charge is 0.119 e. The van der Waals surface area contributed by atoms with E-state index in [4.69, 9.17) is 4.74 Å². The number of nitrogens with zero attached hydrogens (tertiary/aromatic N) is 1. The quantitative estimate of drug-likeness (QED) is 0.683. The summed E-state index contributed by atoms with van der Waals surface area (Å²) >= 11 is 0. The molecule has 1 heterocycles. The molecular formula is C25H32N2O. The van der Waals surface area contributed by atoms with Crippen LogP contribution < -0.4 is 10.1 Å². The molecule has 0 atom stereocenters. The van der Waals surface area contributed by atoms with Gasteiger partial charge in [0.05, 0.1) is 12.6 Å². The monoisotopic (exact) mass is 376 g/mol. The van der Waals surface area contributed by atoms with E-state index in [9.17, 15) is 0 Å². The lowest BCUT2D eigenvalue weighted by atomic mass is 9.82. The molecule has 1 N–H and O–H groups in total. The van der Waals surface area contributed by atoms with Crippen LogP contribution in [0.3, 0.4) is 0 Å². The van der Waals surface area contributed by atoms with Crippen LogP contribution in [0.5, 0.6) is 5.75 Å². The van der Waals surface area contributed by atoms with E-state index in [-0.39, 0.29) is 0 Å². The van der Waals surface area contributed by atoms with Gasteiger partial charge in [0.25, 0.3) is 0 Å². The van der Waals surface area contributed by atoms with E-state index in [1.54, 1.807) is 7.11 Å². The first-order valence-corrected chi connectivity index (χ1v) is 10.8. The van der Waals surface area contributed by atoms with Crippen LogP contribution in [0, 0.1) is 5.92 Å². The van der Waals surface area contributed by atoms with Crippen molar-refractivity contribution in [3.05, 3.63) is 59.8 Å². The van der Waals surface area contributed by atoms with Gasteiger partial charge < -0.3 is 10.1 Å². The van der Waals surface area contributed by atoms with Gasteiger partial charge in [-0.1, -0.05) is 18.2 Å². The van der Waals surface area contributed by atoms with Gasteiger partial charge in [-0.3, -0.25) is 4.98 Å². The number of benzene rings is 1. The number of ether oxygens (including phenoxy) is 1. The average Bonchev–Trinajstić information content (AvgIpc) is 2.77.